The van der Waals surface area contributed by atoms with E-state index in [-0.39, 0.29) is 0 Å². The number of quaternary nitrogens is 1. The molecule has 0 unspecified atom stereocenters. The summed E-state index contributed by atoms with van der Waals surface area (Å²) in [5, 5.41) is 11.1. The van der Waals surface area contributed by atoms with Crippen LogP contribution in [0.4, 0.5) is 5.69 Å². The molecule has 0 aliphatic rings. The molecular weight excluding hydrogens is 312 g/mol. The van der Waals surface area contributed by atoms with Crippen LogP contribution in [-0.4, -0.2) is 54.4 Å². The summed E-state index contributed by atoms with van der Waals surface area (Å²) in [7, 11) is 4.29. The number of nitrogens with zero attached hydrogens (tertiary/aromatic N) is 2. The SMILES string of the molecule is CN=C([O-])Oc1cc([N+](C)(C)C)ccc1C.COS(=O)(=O)O. The van der Waals surface area contributed by atoms with Gasteiger partial charge in [-0.1, -0.05) is 6.07 Å². The van der Waals surface area contributed by atoms with E-state index < -0.39 is 16.5 Å². The molecule has 1 aromatic rings. The van der Waals surface area contributed by atoms with E-state index in [1.54, 1.807) is 0 Å². The van der Waals surface area contributed by atoms with Gasteiger partial charge in [0, 0.05) is 18.9 Å². The first-order chi connectivity index (χ1) is 9.90. The fourth-order valence-corrected chi connectivity index (χ4v) is 1.26. The van der Waals surface area contributed by atoms with Crippen LogP contribution in [0.2, 0.25) is 0 Å². The summed E-state index contributed by atoms with van der Waals surface area (Å²) in [4.78, 5) is 3.45. The fraction of sp³-hybridized carbons (Fsp3) is 0.462. The molecule has 0 aliphatic heterocycles. The molecule has 9 heteroatoms. The maximum Gasteiger partial charge on any atom is 0.397 e. The van der Waals surface area contributed by atoms with Crippen molar-refractivity contribution in [3.05, 3.63) is 23.8 Å². The van der Waals surface area contributed by atoms with E-state index >= 15 is 0 Å². The topological polar surface area (TPSA) is 108 Å². The van der Waals surface area contributed by atoms with Gasteiger partial charge in [0.05, 0.1) is 28.3 Å². The quantitative estimate of drug-likeness (QED) is 0.370. The molecule has 0 radical (unpaired) electrons. The average molecular weight is 334 g/mol. The van der Waals surface area contributed by atoms with Crippen molar-refractivity contribution < 1.29 is 27.0 Å². The Hall–Kier alpha value is -1.68. The summed E-state index contributed by atoms with van der Waals surface area (Å²) >= 11 is 0. The van der Waals surface area contributed by atoms with Gasteiger partial charge in [0.25, 0.3) is 0 Å². The Morgan fingerprint density at radius 3 is 2.18 bits per heavy atom. The van der Waals surface area contributed by atoms with Crippen LogP contribution in [-0.2, 0) is 14.6 Å². The van der Waals surface area contributed by atoms with E-state index in [0.717, 1.165) is 18.4 Å². The molecule has 1 rings (SSSR count). The van der Waals surface area contributed by atoms with Gasteiger partial charge >= 0.3 is 10.4 Å². The summed E-state index contributed by atoms with van der Waals surface area (Å²) in [6, 6.07) is 5.84. The van der Waals surface area contributed by atoms with Crippen molar-refractivity contribution in [1.82, 2.24) is 4.48 Å². The molecule has 0 bridgehead atoms. The van der Waals surface area contributed by atoms with Crippen LogP contribution in [0.5, 0.6) is 5.75 Å². The van der Waals surface area contributed by atoms with Gasteiger partial charge in [0.2, 0.25) is 0 Å². The monoisotopic (exact) mass is 334 g/mol. The molecule has 0 atom stereocenters. The first-order valence-electron chi connectivity index (χ1n) is 6.18. The van der Waals surface area contributed by atoms with Crippen molar-refractivity contribution in [3.63, 3.8) is 0 Å². The molecule has 1 N–H and O–H groups in total. The Morgan fingerprint density at radius 1 is 1.32 bits per heavy atom. The van der Waals surface area contributed by atoms with Crippen LogP contribution in [0.25, 0.3) is 0 Å². The molecule has 0 fully saturated rings. The standard InChI is InChI=1S/C12H18N2O2.CH4O4S/c1-9-6-7-10(14(3,4)5)8-11(9)16-12(15)13-2;1-5-6(2,3)4/h6-8H,1-5H3;1H3,(H,2,3,4). The second kappa shape index (κ2) is 8.08. The molecule has 0 heterocycles. The van der Waals surface area contributed by atoms with Crippen LogP contribution in [0.3, 0.4) is 0 Å². The van der Waals surface area contributed by atoms with Gasteiger partial charge in [-0.3, -0.25) is 18.2 Å². The fourth-order valence-electron chi connectivity index (χ4n) is 1.26. The molecule has 0 saturated heterocycles. The van der Waals surface area contributed by atoms with Crippen LogP contribution in [0.1, 0.15) is 5.56 Å². The number of benzene rings is 1. The lowest BCUT2D eigenvalue weighted by Gasteiger charge is -2.25. The van der Waals surface area contributed by atoms with Gasteiger partial charge in [-0.25, -0.2) is 0 Å². The smallest absolute Gasteiger partial charge is 0.397 e. The van der Waals surface area contributed by atoms with Crippen molar-refractivity contribution in [2.45, 2.75) is 6.92 Å². The molecule has 1 aromatic carbocycles. The van der Waals surface area contributed by atoms with Crippen molar-refractivity contribution in [2.75, 3.05) is 35.3 Å². The van der Waals surface area contributed by atoms with E-state index in [1.807, 2.05) is 25.1 Å². The molecule has 8 nitrogen and oxygen atoms in total. The number of hydrogen-bond donors (Lipinski definition) is 1. The van der Waals surface area contributed by atoms with E-state index in [2.05, 4.69) is 30.3 Å². The van der Waals surface area contributed by atoms with Gasteiger partial charge in [0.1, 0.15) is 11.8 Å². The third kappa shape index (κ3) is 7.93. The predicted molar refractivity (Wildman–Crippen MR) is 83.3 cm³/mol. The molecule has 0 spiro atoms. The van der Waals surface area contributed by atoms with Crippen LogP contribution < -0.4 is 14.3 Å². The molecule has 22 heavy (non-hydrogen) atoms. The van der Waals surface area contributed by atoms with E-state index in [1.165, 1.54) is 7.05 Å². The molecule has 0 saturated carbocycles. The van der Waals surface area contributed by atoms with Crippen molar-refractivity contribution in [3.8, 4) is 5.75 Å². The lowest BCUT2D eigenvalue weighted by molar-refractivity contribution is -0.240. The zero-order valence-corrected chi connectivity index (χ0v) is 14.3. The lowest BCUT2D eigenvalue weighted by Crippen LogP contribution is -2.34. The van der Waals surface area contributed by atoms with Gasteiger partial charge in [-0.2, -0.15) is 8.42 Å². The van der Waals surface area contributed by atoms with Crippen molar-refractivity contribution in [2.24, 2.45) is 4.99 Å². The Morgan fingerprint density at radius 2 is 1.82 bits per heavy atom. The van der Waals surface area contributed by atoms with E-state index in [0.29, 0.717) is 10.2 Å². The summed E-state index contributed by atoms with van der Waals surface area (Å²) < 4.78 is 35.5. The van der Waals surface area contributed by atoms with Crippen LogP contribution in [0, 0.1) is 6.92 Å². The largest absolute Gasteiger partial charge is 0.566 e. The minimum absolute atomic E-state index is 0.568. The minimum atomic E-state index is -4.16. The Balaban J connectivity index is 0.000000626. The molecule has 0 aliphatic carbocycles. The molecule has 126 valence electrons. The zero-order chi connectivity index (χ0) is 17.6. The second-order valence-electron chi connectivity index (χ2n) is 5.15. The van der Waals surface area contributed by atoms with Crippen molar-refractivity contribution in [1.29, 1.82) is 0 Å². The number of aryl methyl sites for hydroxylation is 1. The van der Waals surface area contributed by atoms with Gasteiger partial charge in [0.15, 0.2) is 0 Å². The van der Waals surface area contributed by atoms with E-state index in [4.69, 9.17) is 9.29 Å². The highest BCUT2D eigenvalue weighted by Crippen LogP contribution is 2.26. The predicted octanol–water partition coefficient (Wildman–Crippen LogP) is 0.352. The average Bonchev–Trinajstić information content (AvgIpc) is 2.39. The Labute approximate surface area is 131 Å². The van der Waals surface area contributed by atoms with E-state index in [9.17, 15) is 13.5 Å². The third-order valence-corrected chi connectivity index (χ3v) is 2.96. The molecule has 0 amide bonds. The minimum Gasteiger partial charge on any atom is -0.566 e. The zero-order valence-electron chi connectivity index (χ0n) is 13.5. The highest BCUT2D eigenvalue weighted by molar-refractivity contribution is 7.80. The Kier molecular flexibility index (Phi) is 7.47. The van der Waals surface area contributed by atoms with Crippen LogP contribution in [0.15, 0.2) is 23.2 Å². The molecule has 0 aromatic heterocycles. The maximum atomic E-state index is 11.1. The van der Waals surface area contributed by atoms with Gasteiger partial charge in [-0.15, -0.1) is 0 Å². The summed E-state index contributed by atoms with van der Waals surface area (Å²) in [5.41, 5.74) is 2.00. The second-order valence-corrected chi connectivity index (χ2v) is 6.34. The first kappa shape index (κ1) is 20.3. The first-order valence-corrected chi connectivity index (χ1v) is 7.54. The number of ether oxygens (including phenoxy) is 1. The number of aliphatic imine (C=N–C) groups is 1. The lowest BCUT2D eigenvalue weighted by atomic mass is 10.2. The normalized spacial score (nSPS) is 12.4. The highest BCUT2D eigenvalue weighted by atomic mass is 32.3. The highest BCUT2D eigenvalue weighted by Gasteiger charge is 2.12. The number of rotatable bonds is 3. The van der Waals surface area contributed by atoms with Crippen LogP contribution >= 0.6 is 0 Å². The number of hydrogen-bond acceptors (Lipinski definition) is 6. The maximum absolute atomic E-state index is 11.1. The summed E-state index contributed by atoms with van der Waals surface area (Å²) in [6.07, 6.45) is -0.568. The molecular formula is C13H22N2O6S. The third-order valence-electron chi connectivity index (χ3n) is 2.54. The summed E-state index contributed by atoms with van der Waals surface area (Å²) in [6.45, 7) is 1.90. The van der Waals surface area contributed by atoms with Gasteiger partial charge < -0.3 is 9.84 Å². The van der Waals surface area contributed by atoms with Crippen molar-refractivity contribution >= 4 is 22.2 Å². The summed E-state index contributed by atoms with van der Waals surface area (Å²) in [5.74, 6) is 0.571. The Bertz CT molecular complexity index is 620. The van der Waals surface area contributed by atoms with Gasteiger partial charge in [-0.05, 0) is 18.6 Å².